The Balaban J connectivity index is 1.80. The van der Waals surface area contributed by atoms with E-state index in [1.54, 1.807) is 12.1 Å². The largest absolute Gasteiger partial charge is 0.478 e. The number of nitrogens with zero attached hydrogens (tertiary/aromatic N) is 1. The van der Waals surface area contributed by atoms with Crippen molar-refractivity contribution in [1.29, 1.82) is 0 Å². The predicted octanol–water partition coefficient (Wildman–Crippen LogP) is 6.19. The van der Waals surface area contributed by atoms with Crippen LogP contribution in [0.4, 0.5) is 0 Å². The van der Waals surface area contributed by atoms with Gasteiger partial charge in [-0.1, -0.05) is 45.9 Å². The van der Waals surface area contributed by atoms with Crippen LogP contribution in [0.1, 0.15) is 62.0 Å². The summed E-state index contributed by atoms with van der Waals surface area (Å²) in [6.45, 7) is 9.36. The Kier molecular flexibility index (Phi) is 4.22. The minimum atomic E-state index is -0.901. The molecule has 0 amide bonds. The average Bonchev–Trinajstić information content (AvgIpc) is 3.15. The smallest absolute Gasteiger partial charge is 0.335 e. The van der Waals surface area contributed by atoms with Gasteiger partial charge in [-0.3, -0.25) is 0 Å². The molecule has 0 bridgehead atoms. The van der Waals surface area contributed by atoms with Crippen LogP contribution in [0, 0.1) is 0 Å². The van der Waals surface area contributed by atoms with E-state index in [0.29, 0.717) is 5.56 Å². The molecule has 3 nitrogen and oxygen atoms in total. The van der Waals surface area contributed by atoms with Crippen LogP contribution >= 0.6 is 0 Å². The van der Waals surface area contributed by atoms with Crippen molar-refractivity contribution in [2.24, 2.45) is 0 Å². The lowest BCUT2D eigenvalue weighted by molar-refractivity contribution is 0.0697. The van der Waals surface area contributed by atoms with Crippen molar-refractivity contribution in [2.45, 2.75) is 51.4 Å². The second-order valence-electron chi connectivity index (χ2n) is 9.14. The lowest BCUT2D eigenvalue weighted by atomic mass is 9.63. The Morgan fingerprint density at radius 1 is 0.893 bits per heavy atom. The zero-order chi connectivity index (χ0) is 20.1. The summed E-state index contributed by atoms with van der Waals surface area (Å²) in [5.74, 6) is -0.901. The van der Waals surface area contributed by atoms with Gasteiger partial charge in [0.05, 0.1) is 11.3 Å². The van der Waals surface area contributed by atoms with Crippen LogP contribution in [0.3, 0.4) is 0 Å². The predicted molar refractivity (Wildman–Crippen MR) is 113 cm³/mol. The van der Waals surface area contributed by atoms with Crippen LogP contribution in [-0.4, -0.2) is 15.6 Å². The molecule has 2 aromatic carbocycles. The Morgan fingerprint density at radius 2 is 1.54 bits per heavy atom. The van der Waals surface area contributed by atoms with Crippen molar-refractivity contribution >= 4 is 5.97 Å². The van der Waals surface area contributed by atoms with Crippen molar-refractivity contribution < 1.29 is 9.90 Å². The first-order valence-corrected chi connectivity index (χ1v) is 9.85. The molecular weight excluding hydrogens is 346 g/mol. The number of carboxylic acid groups (broad SMARTS) is 1. The molecule has 0 unspecified atom stereocenters. The number of benzene rings is 2. The molecule has 0 saturated carbocycles. The fourth-order valence-corrected chi connectivity index (χ4v) is 4.35. The van der Waals surface area contributed by atoms with Gasteiger partial charge in [0.15, 0.2) is 0 Å². The number of hydrogen-bond acceptors (Lipinski definition) is 1. The summed E-state index contributed by atoms with van der Waals surface area (Å²) in [7, 11) is 0. The zero-order valence-electron chi connectivity index (χ0n) is 17.0. The summed E-state index contributed by atoms with van der Waals surface area (Å²) < 4.78 is 2.19. The molecule has 0 fully saturated rings. The van der Waals surface area contributed by atoms with Gasteiger partial charge < -0.3 is 9.67 Å². The maximum Gasteiger partial charge on any atom is 0.335 e. The van der Waals surface area contributed by atoms with Gasteiger partial charge in [-0.05, 0) is 76.8 Å². The highest BCUT2D eigenvalue weighted by atomic mass is 16.4. The number of hydrogen-bond donors (Lipinski definition) is 1. The Morgan fingerprint density at radius 3 is 2.18 bits per heavy atom. The van der Waals surface area contributed by atoms with Crippen molar-refractivity contribution in [3.63, 3.8) is 0 Å². The molecule has 0 spiro atoms. The lowest BCUT2D eigenvalue weighted by Crippen LogP contribution is -2.33. The van der Waals surface area contributed by atoms with Crippen LogP contribution in [0.5, 0.6) is 0 Å². The van der Waals surface area contributed by atoms with Crippen LogP contribution in [0.2, 0.25) is 0 Å². The summed E-state index contributed by atoms with van der Waals surface area (Å²) in [5, 5.41) is 9.14. The third kappa shape index (κ3) is 3.05. The second kappa shape index (κ2) is 6.37. The number of fused-ring (bicyclic) bond motifs is 1. The molecule has 0 radical (unpaired) electrons. The third-order valence-electron chi connectivity index (χ3n) is 6.29. The minimum Gasteiger partial charge on any atom is -0.478 e. The molecular formula is C25H27NO2. The maximum absolute atomic E-state index is 11.1. The number of carboxylic acids is 1. The number of rotatable bonds is 3. The van der Waals surface area contributed by atoms with Gasteiger partial charge in [-0.2, -0.15) is 0 Å². The van der Waals surface area contributed by atoms with E-state index in [9.17, 15) is 4.79 Å². The second-order valence-corrected chi connectivity index (χ2v) is 9.14. The van der Waals surface area contributed by atoms with Gasteiger partial charge in [-0.25, -0.2) is 4.79 Å². The molecule has 1 aliphatic carbocycles. The summed E-state index contributed by atoms with van der Waals surface area (Å²) in [6, 6.07) is 18.0. The summed E-state index contributed by atoms with van der Waals surface area (Å²) >= 11 is 0. The normalized spacial score (nSPS) is 17.1. The molecule has 3 heteroatoms. The fourth-order valence-electron chi connectivity index (χ4n) is 4.35. The van der Waals surface area contributed by atoms with Gasteiger partial charge in [0.1, 0.15) is 0 Å². The van der Waals surface area contributed by atoms with Crippen LogP contribution in [0.25, 0.3) is 16.9 Å². The molecule has 0 saturated heterocycles. The van der Waals surface area contributed by atoms with E-state index in [2.05, 4.69) is 62.7 Å². The van der Waals surface area contributed by atoms with Crippen molar-refractivity contribution in [3.05, 3.63) is 77.5 Å². The number of aromatic carboxylic acids is 1. The van der Waals surface area contributed by atoms with E-state index in [1.807, 2.05) is 18.2 Å². The summed E-state index contributed by atoms with van der Waals surface area (Å²) in [5.41, 5.74) is 6.77. The fraction of sp³-hybridized carbons (Fsp3) is 0.320. The molecule has 28 heavy (non-hydrogen) atoms. The monoisotopic (exact) mass is 373 g/mol. The molecule has 3 aromatic rings. The molecule has 1 N–H and O–H groups in total. The number of aromatic nitrogens is 1. The average molecular weight is 373 g/mol. The summed E-state index contributed by atoms with van der Waals surface area (Å²) in [4.78, 5) is 11.1. The standard InChI is InChI=1S/C25H27NO2/c1-24(2)13-14-25(3,4)21-16-19(11-12-20(21)24)26-15-5-6-22(26)17-7-9-18(10-8-17)23(27)28/h5-12,15-16H,13-14H2,1-4H3,(H,27,28). The van der Waals surface area contributed by atoms with E-state index in [1.165, 1.54) is 24.0 Å². The Bertz CT molecular complexity index is 1040. The van der Waals surface area contributed by atoms with Crippen molar-refractivity contribution in [3.8, 4) is 16.9 Å². The van der Waals surface area contributed by atoms with Crippen molar-refractivity contribution in [1.82, 2.24) is 4.57 Å². The topological polar surface area (TPSA) is 42.2 Å². The van der Waals surface area contributed by atoms with E-state index in [0.717, 1.165) is 16.9 Å². The van der Waals surface area contributed by atoms with E-state index >= 15 is 0 Å². The van der Waals surface area contributed by atoms with Gasteiger partial charge in [-0.15, -0.1) is 0 Å². The molecule has 0 atom stereocenters. The van der Waals surface area contributed by atoms with Crippen LogP contribution in [0.15, 0.2) is 60.8 Å². The van der Waals surface area contributed by atoms with Gasteiger partial charge in [0.2, 0.25) is 0 Å². The highest BCUT2D eigenvalue weighted by Gasteiger charge is 2.37. The van der Waals surface area contributed by atoms with Crippen molar-refractivity contribution in [2.75, 3.05) is 0 Å². The lowest BCUT2D eigenvalue weighted by Gasteiger charge is -2.42. The molecule has 1 heterocycles. The first-order valence-electron chi connectivity index (χ1n) is 9.85. The molecule has 0 aliphatic heterocycles. The molecule has 144 valence electrons. The first-order chi connectivity index (χ1) is 13.2. The Labute approximate surface area is 166 Å². The Hall–Kier alpha value is -2.81. The van der Waals surface area contributed by atoms with Gasteiger partial charge in [0, 0.05) is 11.9 Å². The van der Waals surface area contributed by atoms with E-state index < -0.39 is 5.97 Å². The van der Waals surface area contributed by atoms with E-state index in [-0.39, 0.29) is 10.8 Å². The van der Waals surface area contributed by atoms with E-state index in [4.69, 9.17) is 5.11 Å². The number of carbonyl (C=O) groups is 1. The molecule has 4 rings (SSSR count). The highest BCUT2D eigenvalue weighted by molar-refractivity contribution is 5.88. The molecule has 1 aliphatic rings. The van der Waals surface area contributed by atoms with Gasteiger partial charge in [0.25, 0.3) is 0 Å². The maximum atomic E-state index is 11.1. The van der Waals surface area contributed by atoms with Crippen LogP contribution in [-0.2, 0) is 10.8 Å². The minimum absolute atomic E-state index is 0.164. The zero-order valence-corrected chi connectivity index (χ0v) is 17.0. The molecule has 1 aromatic heterocycles. The SMILES string of the molecule is CC1(C)CCC(C)(C)c2cc(-n3cccc3-c3ccc(C(=O)O)cc3)ccc21. The summed E-state index contributed by atoms with van der Waals surface area (Å²) in [6.07, 6.45) is 4.46. The first kappa shape index (κ1) is 18.5. The van der Waals surface area contributed by atoms with Crippen LogP contribution < -0.4 is 0 Å². The third-order valence-corrected chi connectivity index (χ3v) is 6.29. The highest BCUT2D eigenvalue weighted by Crippen LogP contribution is 2.46. The van der Waals surface area contributed by atoms with Gasteiger partial charge >= 0.3 is 5.97 Å². The quantitative estimate of drug-likeness (QED) is 0.594.